The zero-order valence-corrected chi connectivity index (χ0v) is 13.0. The summed E-state index contributed by atoms with van der Waals surface area (Å²) in [7, 11) is 0. The van der Waals surface area contributed by atoms with Crippen LogP contribution in [0, 0.1) is 10.1 Å². The molecule has 2 N–H and O–H groups in total. The van der Waals surface area contributed by atoms with E-state index in [0.717, 1.165) is 6.07 Å². The van der Waals surface area contributed by atoms with E-state index in [2.05, 4.69) is 10.9 Å². The zero-order valence-electron chi connectivity index (χ0n) is 12.2. The molecule has 24 heavy (non-hydrogen) atoms. The fourth-order valence-electron chi connectivity index (χ4n) is 1.77. The molecule has 0 spiro atoms. The topological polar surface area (TPSA) is 101 Å². The first-order valence-electron chi connectivity index (χ1n) is 6.75. The zero-order chi connectivity index (χ0) is 17.5. The highest BCUT2D eigenvalue weighted by molar-refractivity contribution is 6.32. The Morgan fingerprint density at radius 2 is 1.83 bits per heavy atom. The standard InChI is InChI=1S/C16H12ClN3O4/c17-14-7-2-1-4-11(14)8-9-15(21)18-19-16(22)12-5-3-6-13(10-12)20(23)24/h1-10H,(H,18,21)(H,19,22)/b9-8+. The van der Waals surface area contributed by atoms with Gasteiger partial charge in [-0.25, -0.2) is 0 Å². The second-order valence-corrected chi connectivity index (χ2v) is 5.01. The van der Waals surface area contributed by atoms with Crippen molar-refractivity contribution in [1.82, 2.24) is 10.9 Å². The largest absolute Gasteiger partial charge is 0.270 e. The smallest absolute Gasteiger partial charge is 0.268 e. The molecule has 0 heterocycles. The van der Waals surface area contributed by atoms with E-state index in [0.29, 0.717) is 10.6 Å². The Kier molecular flexibility index (Phi) is 5.64. The van der Waals surface area contributed by atoms with Gasteiger partial charge >= 0.3 is 0 Å². The lowest BCUT2D eigenvalue weighted by Crippen LogP contribution is -2.40. The van der Waals surface area contributed by atoms with E-state index in [9.17, 15) is 19.7 Å². The Bertz CT molecular complexity index is 820. The first-order valence-corrected chi connectivity index (χ1v) is 7.12. The Hall–Kier alpha value is -3.19. The van der Waals surface area contributed by atoms with Crippen LogP contribution in [-0.4, -0.2) is 16.7 Å². The summed E-state index contributed by atoms with van der Waals surface area (Å²) in [5.41, 5.74) is 4.84. The second kappa shape index (κ2) is 7.89. The van der Waals surface area contributed by atoms with Crippen molar-refractivity contribution in [2.75, 3.05) is 0 Å². The number of benzene rings is 2. The number of non-ortho nitro benzene ring substituents is 1. The average molecular weight is 346 g/mol. The molecule has 2 rings (SSSR count). The number of nitrogens with zero attached hydrogens (tertiary/aromatic N) is 1. The molecule has 0 aliphatic carbocycles. The first kappa shape index (κ1) is 17.2. The van der Waals surface area contributed by atoms with Crippen LogP contribution >= 0.6 is 11.6 Å². The van der Waals surface area contributed by atoms with Crippen molar-refractivity contribution in [3.05, 3.63) is 80.9 Å². The van der Waals surface area contributed by atoms with Gasteiger partial charge in [0.05, 0.1) is 4.92 Å². The highest BCUT2D eigenvalue weighted by Crippen LogP contribution is 2.16. The van der Waals surface area contributed by atoms with Crippen molar-refractivity contribution >= 4 is 35.2 Å². The van der Waals surface area contributed by atoms with Crippen LogP contribution < -0.4 is 10.9 Å². The number of nitrogens with one attached hydrogen (secondary N) is 2. The van der Waals surface area contributed by atoms with E-state index in [1.165, 1.54) is 30.4 Å². The van der Waals surface area contributed by atoms with Gasteiger partial charge in [0, 0.05) is 28.8 Å². The molecule has 0 unspecified atom stereocenters. The van der Waals surface area contributed by atoms with E-state index in [1.807, 2.05) is 0 Å². The molecule has 2 amide bonds. The SMILES string of the molecule is O=C(/C=C/c1ccccc1Cl)NNC(=O)c1cccc([N+](=O)[O-])c1. The Labute approximate surface area is 142 Å². The predicted molar refractivity (Wildman–Crippen MR) is 89.2 cm³/mol. The highest BCUT2D eigenvalue weighted by atomic mass is 35.5. The summed E-state index contributed by atoms with van der Waals surface area (Å²) in [5.74, 6) is -1.24. The molecule has 0 bridgehead atoms. The number of amides is 2. The molecule has 0 atom stereocenters. The van der Waals surface area contributed by atoms with Crippen molar-refractivity contribution in [2.24, 2.45) is 0 Å². The van der Waals surface area contributed by atoms with Crippen LogP contribution in [-0.2, 0) is 4.79 Å². The molecule has 8 heteroatoms. The predicted octanol–water partition coefficient (Wildman–Crippen LogP) is 2.72. The van der Waals surface area contributed by atoms with Crippen LogP contribution in [0.4, 0.5) is 5.69 Å². The Balaban J connectivity index is 1.94. The van der Waals surface area contributed by atoms with E-state index in [-0.39, 0.29) is 11.3 Å². The van der Waals surface area contributed by atoms with Gasteiger partial charge in [0.1, 0.15) is 0 Å². The molecule has 122 valence electrons. The second-order valence-electron chi connectivity index (χ2n) is 4.61. The van der Waals surface area contributed by atoms with E-state index < -0.39 is 16.7 Å². The van der Waals surface area contributed by atoms with Gasteiger partial charge in [-0.3, -0.25) is 30.6 Å². The van der Waals surface area contributed by atoms with Gasteiger partial charge in [-0.05, 0) is 23.8 Å². The number of nitro groups is 1. The number of carbonyl (C=O) groups is 2. The minimum atomic E-state index is -0.668. The van der Waals surface area contributed by atoms with Crippen molar-refractivity contribution in [3.8, 4) is 0 Å². The van der Waals surface area contributed by atoms with Crippen molar-refractivity contribution in [2.45, 2.75) is 0 Å². The number of hydrogen-bond donors (Lipinski definition) is 2. The summed E-state index contributed by atoms with van der Waals surface area (Å²) in [5, 5.41) is 11.2. The molecular weight excluding hydrogens is 334 g/mol. The lowest BCUT2D eigenvalue weighted by atomic mass is 10.2. The van der Waals surface area contributed by atoms with Crippen LogP contribution in [0.25, 0.3) is 6.08 Å². The number of hydrogen-bond acceptors (Lipinski definition) is 4. The number of hydrazine groups is 1. The average Bonchev–Trinajstić information content (AvgIpc) is 2.59. The minimum Gasteiger partial charge on any atom is -0.268 e. The van der Waals surface area contributed by atoms with Gasteiger partial charge in [0.2, 0.25) is 0 Å². The molecule has 0 saturated carbocycles. The molecule has 2 aromatic rings. The first-order chi connectivity index (χ1) is 11.5. The van der Waals surface area contributed by atoms with E-state index in [1.54, 1.807) is 24.3 Å². The molecule has 0 aliphatic heterocycles. The monoisotopic (exact) mass is 345 g/mol. The number of rotatable bonds is 4. The van der Waals surface area contributed by atoms with Gasteiger partial charge < -0.3 is 0 Å². The van der Waals surface area contributed by atoms with Crippen LogP contribution in [0.1, 0.15) is 15.9 Å². The van der Waals surface area contributed by atoms with E-state index >= 15 is 0 Å². The van der Waals surface area contributed by atoms with Crippen LogP contribution in [0.2, 0.25) is 5.02 Å². The molecule has 0 radical (unpaired) electrons. The third-order valence-electron chi connectivity index (χ3n) is 2.94. The lowest BCUT2D eigenvalue weighted by molar-refractivity contribution is -0.384. The van der Waals surface area contributed by atoms with Gasteiger partial charge in [0.15, 0.2) is 0 Å². The third-order valence-corrected chi connectivity index (χ3v) is 3.28. The molecule has 2 aromatic carbocycles. The van der Waals surface area contributed by atoms with Gasteiger partial charge in [-0.2, -0.15) is 0 Å². The molecule has 0 aliphatic rings. The van der Waals surface area contributed by atoms with Crippen molar-refractivity contribution in [3.63, 3.8) is 0 Å². The quantitative estimate of drug-likeness (QED) is 0.505. The summed E-state index contributed by atoms with van der Waals surface area (Å²) < 4.78 is 0. The fourth-order valence-corrected chi connectivity index (χ4v) is 1.97. The van der Waals surface area contributed by atoms with Gasteiger partial charge in [-0.1, -0.05) is 35.9 Å². The summed E-state index contributed by atoms with van der Waals surface area (Å²) >= 11 is 5.95. The molecule has 0 fully saturated rings. The van der Waals surface area contributed by atoms with Crippen molar-refractivity contribution < 1.29 is 14.5 Å². The molecule has 0 saturated heterocycles. The maximum atomic E-state index is 11.9. The normalized spacial score (nSPS) is 10.4. The van der Waals surface area contributed by atoms with E-state index in [4.69, 9.17) is 11.6 Å². The Morgan fingerprint density at radius 3 is 2.54 bits per heavy atom. The lowest BCUT2D eigenvalue weighted by Gasteiger charge is -2.05. The number of halogens is 1. The van der Waals surface area contributed by atoms with Gasteiger partial charge in [-0.15, -0.1) is 0 Å². The molecular formula is C16H12ClN3O4. The number of carbonyl (C=O) groups excluding carboxylic acids is 2. The summed E-state index contributed by atoms with van der Waals surface area (Å²) in [6.07, 6.45) is 2.70. The van der Waals surface area contributed by atoms with Crippen LogP contribution in [0.15, 0.2) is 54.6 Å². The van der Waals surface area contributed by atoms with Crippen LogP contribution in [0.5, 0.6) is 0 Å². The summed E-state index contributed by atoms with van der Waals surface area (Å²) in [6, 6.07) is 12.1. The fraction of sp³-hybridized carbons (Fsp3) is 0. The highest BCUT2D eigenvalue weighted by Gasteiger charge is 2.11. The van der Waals surface area contributed by atoms with Crippen LogP contribution in [0.3, 0.4) is 0 Å². The van der Waals surface area contributed by atoms with Crippen molar-refractivity contribution in [1.29, 1.82) is 0 Å². The maximum Gasteiger partial charge on any atom is 0.270 e. The number of nitro benzene ring substituents is 1. The molecule has 7 nitrogen and oxygen atoms in total. The Morgan fingerprint density at radius 1 is 1.08 bits per heavy atom. The third kappa shape index (κ3) is 4.65. The summed E-state index contributed by atoms with van der Waals surface area (Å²) in [4.78, 5) is 33.6. The van der Waals surface area contributed by atoms with Gasteiger partial charge in [0.25, 0.3) is 17.5 Å². The maximum absolute atomic E-state index is 11.9. The molecule has 0 aromatic heterocycles. The summed E-state index contributed by atoms with van der Waals surface area (Å²) in [6.45, 7) is 0. The minimum absolute atomic E-state index is 0.0552.